The molecule has 0 spiro atoms. The third kappa shape index (κ3) is 4.20. The summed E-state index contributed by atoms with van der Waals surface area (Å²) < 4.78 is 5.84. The SMILES string of the molecule is CCOC(=O)c1cccc(NC(=O)c2cc(I)ccc2Cl)c1. The molecule has 0 aliphatic rings. The standard InChI is InChI=1S/C16H13ClINO3/c1-2-22-16(21)10-4-3-5-12(8-10)19-15(20)13-9-11(18)6-7-14(13)17/h3-9H,2H2,1H3,(H,19,20). The van der Waals surface area contributed by atoms with E-state index in [1.807, 2.05) is 6.07 Å². The monoisotopic (exact) mass is 429 g/mol. The highest BCUT2D eigenvalue weighted by Crippen LogP contribution is 2.21. The Morgan fingerprint density at radius 2 is 2.00 bits per heavy atom. The summed E-state index contributed by atoms with van der Waals surface area (Å²) in [7, 11) is 0. The lowest BCUT2D eigenvalue weighted by Crippen LogP contribution is -2.13. The second-order valence-corrected chi connectivity index (χ2v) is 6.03. The zero-order valence-corrected chi connectivity index (χ0v) is 14.6. The summed E-state index contributed by atoms with van der Waals surface area (Å²) >= 11 is 8.15. The fourth-order valence-corrected chi connectivity index (χ4v) is 2.50. The number of halogens is 2. The van der Waals surface area contributed by atoms with Crippen LogP contribution in [0.4, 0.5) is 5.69 Å². The van der Waals surface area contributed by atoms with E-state index in [2.05, 4.69) is 27.9 Å². The van der Waals surface area contributed by atoms with E-state index in [0.717, 1.165) is 3.57 Å². The van der Waals surface area contributed by atoms with Gasteiger partial charge in [-0.25, -0.2) is 4.79 Å². The number of ether oxygens (including phenoxy) is 1. The van der Waals surface area contributed by atoms with Crippen LogP contribution in [0.1, 0.15) is 27.6 Å². The second-order valence-electron chi connectivity index (χ2n) is 4.38. The molecule has 0 atom stereocenters. The largest absolute Gasteiger partial charge is 0.462 e. The molecule has 1 amide bonds. The van der Waals surface area contributed by atoms with Gasteiger partial charge in [-0.15, -0.1) is 0 Å². The van der Waals surface area contributed by atoms with Gasteiger partial charge in [-0.3, -0.25) is 4.79 Å². The number of benzene rings is 2. The van der Waals surface area contributed by atoms with Crippen molar-refractivity contribution in [3.8, 4) is 0 Å². The zero-order chi connectivity index (χ0) is 16.1. The first kappa shape index (κ1) is 16.8. The predicted octanol–water partition coefficient (Wildman–Crippen LogP) is 4.37. The maximum Gasteiger partial charge on any atom is 0.338 e. The molecule has 0 unspecified atom stereocenters. The van der Waals surface area contributed by atoms with Crippen molar-refractivity contribution in [1.82, 2.24) is 0 Å². The molecule has 6 heteroatoms. The van der Waals surface area contributed by atoms with Gasteiger partial charge in [0.2, 0.25) is 0 Å². The molecule has 0 fully saturated rings. The normalized spacial score (nSPS) is 10.1. The molecule has 0 heterocycles. The number of rotatable bonds is 4. The molecule has 22 heavy (non-hydrogen) atoms. The van der Waals surface area contributed by atoms with Gasteiger partial charge in [-0.05, 0) is 65.9 Å². The number of nitrogens with one attached hydrogen (secondary N) is 1. The van der Waals surface area contributed by atoms with E-state index in [0.29, 0.717) is 28.4 Å². The van der Waals surface area contributed by atoms with Gasteiger partial charge < -0.3 is 10.1 Å². The van der Waals surface area contributed by atoms with Gasteiger partial charge in [0.25, 0.3) is 5.91 Å². The van der Waals surface area contributed by atoms with Gasteiger partial charge in [-0.1, -0.05) is 17.7 Å². The number of amides is 1. The molecule has 2 aromatic carbocycles. The number of carbonyl (C=O) groups excluding carboxylic acids is 2. The average molecular weight is 430 g/mol. The van der Waals surface area contributed by atoms with Gasteiger partial charge in [-0.2, -0.15) is 0 Å². The van der Waals surface area contributed by atoms with E-state index in [1.165, 1.54) is 0 Å². The minimum atomic E-state index is -0.425. The van der Waals surface area contributed by atoms with E-state index in [4.69, 9.17) is 16.3 Å². The summed E-state index contributed by atoms with van der Waals surface area (Å²) in [6.45, 7) is 2.04. The molecular formula is C16H13ClINO3. The lowest BCUT2D eigenvalue weighted by molar-refractivity contribution is 0.0526. The molecule has 0 radical (unpaired) electrons. The summed E-state index contributed by atoms with van der Waals surface area (Å²) in [6, 6.07) is 11.8. The maximum absolute atomic E-state index is 12.3. The van der Waals surface area contributed by atoms with Crippen molar-refractivity contribution in [2.24, 2.45) is 0 Å². The van der Waals surface area contributed by atoms with Gasteiger partial charge in [0.15, 0.2) is 0 Å². The van der Waals surface area contributed by atoms with Crippen LogP contribution in [-0.4, -0.2) is 18.5 Å². The van der Waals surface area contributed by atoms with Crippen LogP contribution in [0, 0.1) is 3.57 Å². The molecule has 2 aromatic rings. The molecule has 2 rings (SSSR count). The van der Waals surface area contributed by atoms with Gasteiger partial charge in [0.05, 0.1) is 22.8 Å². The average Bonchev–Trinajstić information content (AvgIpc) is 2.50. The third-order valence-electron chi connectivity index (χ3n) is 2.80. The molecule has 4 nitrogen and oxygen atoms in total. The first-order valence-electron chi connectivity index (χ1n) is 6.55. The Kier molecular flexibility index (Phi) is 5.79. The molecule has 0 aromatic heterocycles. The van der Waals surface area contributed by atoms with Crippen molar-refractivity contribution < 1.29 is 14.3 Å². The van der Waals surface area contributed by atoms with Crippen LogP contribution in [0.2, 0.25) is 5.02 Å². The number of anilines is 1. The molecule has 1 N–H and O–H groups in total. The van der Waals surface area contributed by atoms with Gasteiger partial charge >= 0.3 is 5.97 Å². The van der Waals surface area contributed by atoms with Crippen molar-refractivity contribution in [2.45, 2.75) is 6.92 Å². The quantitative estimate of drug-likeness (QED) is 0.580. The summed E-state index contributed by atoms with van der Waals surface area (Å²) in [5.41, 5.74) is 1.27. The summed E-state index contributed by atoms with van der Waals surface area (Å²) in [5.74, 6) is -0.754. The van der Waals surface area contributed by atoms with E-state index in [-0.39, 0.29) is 5.91 Å². The Labute approximate surface area is 146 Å². The van der Waals surface area contributed by atoms with Crippen LogP contribution >= 0.6 is 34.2 Å². The lowest BCUT2D eigenvalue weighted by atomic mass is 10.1. The Balaban J connectivity index is 2.20. The predicted molar refractivity (Wildman–Crippen MR) is 94.5 cm³/mol. The fraction of sp³-hybridized carbons (Fsp3) is 0.125. The van der Waals surface area contributed by atoms with Crippen molar-refractivity contribution >= 4 is 51.8 Å². The Bertz CT molecular complexity index is 718. The second kappa shape index (κ2) is 7.60. The van der Waals surface area contributed by atoms with Crippen LogP contribution in [0.25, 0.3) is 0 Å². The van der Waals surface area contributed by atoms with Crippen molar-refractivity contribution in [2.75, 3.05) is 11.9 Å². The Hall–Kier alpha value is -1.60. The Morgan fingerprint density at radius 3 is 2.73 bits per heavy atom. The molecule has 0 aliphatic heterocycles. The lowest BCUT2D eigenvalue weighted by Gasteiger charge is -2.09. The van der Waals surface area contributed by atoms with Gasteiger partial charge in [0, 0.05) is 9.26 Å². The van der Waals surface area contributed by atoms with Crippen LogP contribution < -0.4 is 5.32 Å². The smallest absolute Gasteiger partial charge is 0.338 e. The summed E-state index contributed by atoms with van der Waals surface area (Å²) in [6.07, 6.45) is 0. The van der Waals surface area contributed by atoms with E-state index >= 15 is 0 Å². The highest BCUT2D eigenvalue weighted by Gasteiger charge is 2.13. The van der Waals surface area contributed by atoms with Crippen molar-refractivity contribution in [3.05, 3.63) is 62.2 Å². The minimum absolute atomic E-state index is 0.299. The fourth-order valence-electron chi connectivity index (χ4n) is 1.81. The number of hydrogen-bond donors (Lipinski definition) is 1. The van der Waals surface area contributed by atoms with E-state index < -0.39 is 5.97 Å². The molecule has 114 valence electrons. The molecule has 0 bridgehead atoms. The van der Waals surface area contributed by atoms with E-state index in [1.54, 1.807) is 43.3 Å². The topological polar surface area (TPSA) is 55.4 Å². The molecule has 0 saturated heterocycles. The third-order valence-corrected chi connectivity index (χ3v) is 3.81. The number of carbonyl (C=O) groups is 2. The number of esters is 1. The minimum Gasteiger partial charge on any atom is -0.462 e. The summed E-state index contributed by atoms with van der Waals surface area (Å²) in [4.78, 5) is 24.0. The summed E-state index contributed by atoms with van der Waals surface area (Å²) in [5, 5.41) is 3.10. The van der Waals surface area contributed by atoms with Crippen LogP contribution in [0.3, 0.4) is 0 Å². The molecule has 0 aliphatic carbocycles. The van der Waals surface area contributed by atoms with Gasteiger partial charge in [0.1, 0.15) is 0 Å². The van der Waals surface area contributed by atoms with Crippen molar-refractivity contribution in [1.29, 1.82) is 0 Å². The first-order valence-corrected chi connectivity index (χ1v) is 8.00. The van der Waals surface area contributed by atoms with Crippen molar-refractivity contribution in [3.63, 3.8) is 0 Å². The van der Waals surface area contributed by atoms with E-state index in [9.17, 15) is 9.59 Å². The zero-order valence-electron chi connectivity index (χ0n) is 11.7. The van der Waals surface area contributed by atoms with Crippen LogP contribution in [0.15, 0.2) is 42.5 Å². The number of hydrogen-bond acceptors (Lipinski definition) is 3. The van der Waals surface area contributed by atoms with Crippen LogP contribution in [-0.2, 0) is 4.74 Å². The Morgan fingerprint density at radius 1 is 1.23 bits per heavy atom. The highest BCUT2D eigenvalue weighted by molar-refractivity contribution is 14.1. The maximum atomic E-state index is 12.3. The molecule has 0 saturated carbocycles. The first-order chi connectivity index (χ1) is 10.5. The highest BCUT2D eigenvalue weighted by atomic mass is 127. The molecular weight excluding hydrogens is 417 g/mol. The van der Waals surface area contributed by atoms with Crippen LogP contribution in [0.5, 0.6) is 0 Å².